The lowest BCUT2D eigenvalue weighted by molar-refractivity contribution is -0.134. The van der Waals surface area contributed by atoms with E-state index >= 15 is 0 Å². The van der Waals surface area contributed by atoms with Crippen molar-refractivity contribution in [2.45, 2.75) is 13.5 Å². The Bertz CT molecular complexity index is 1090. The van der Waals surface area contributed by atoms with Crippen LogP contribution in [0.1, 0.15) is 28.5 Å². The van der Waals surface area contributed by atoms with E-state index in [9.17, 15) is 9.59 Å². The Kier molecular flexibility index (Phi) is 4.24. The van der Waals surface area contributed by atoms with Gasteiger partial charge in [-0.15, -0.1) is 0 Å². The Balaban J connectivity index is 2.10. The molecule has 27 heavy (non-hydrogen) atoms. The fraction of sp³-hybridized carbons (Fsp3) is 0.190. The summed E-state index contributed by atoms with van der Waals surface area (Å²) in [5.41, 5.74) is 3.34. The summed E-state index contributed by atoms with van der Waals surface area (Å²) in [6.45, 7) is 2.43. The average molecular weight is 362 g/mol. The Hall–Kier alpha value is -3.41. The van der Waals surface area contributed by atoms with Crippen LogP contribution < -0.4 is 0 Å². The molecule has 2 heterocycles. The second kappa shape index (κ2) is 6.72. The van der Waals surface area contributed by atoms with Gasteiger partial charge in [0.15, 0.2) is 5.71 Å². The molecule has 2 aromatic carbocycles. The Morgan fingerprint density at radius 1 is 1.07 bits per heavy atom. The molecule has 1 aliphatic heterocycles. The summed E-state index contributed by atoms with van der Waals surface area (Å²) in [5.74, 6) is -1.08. The first-order valence-corrected chi connectivity index (χ1v) is 8.69. The van der Waals surface area contributed by atoms with Crippen molar-refractivity contribution in [2.75, 3.05) is 13.7 Å². The van der Waals surface area contributed by atoms with Crippen LogP contribution in [-0.4, -0.2) is 35.9 Å². The number of nitrogens with zero attached hydrogens (tertiary/aromatic N) is 2. The van der Waals surface area contributed by atoms with E-state index in [4.69, 9.17) is 9.47 Å². The third-order valence-corrected chi connectivity index (χ3v) is 4.61. The monoisotopic (exact) mass is 362 g/mol. The van der Waals surface area contributed by atoms with Gasteiger partial charge in [-0.05, 0) is 24.6 Å². The van der Waals surface area contributed by atoms with Crippen LogP contribution in [0.15, 0.2) is 53.5 Å². The number of hydrogen-bond acceptors (Lipinski definition) is 5. The SMILES string of the molecule is CCOC(=O)C1=Nc2ccccc2Cn2c1c(C(=O)OC)c1ccccc12. The second-order valence-corrected chi connectivity index (χ2v) is 6.13. The molecule has 0 unspecified atom stereocenters. The van der Waals surface area contributed by atoms with Crippen LogP contribution in [0.25, 0.3) is 10.9 Å². The van der Waals surface area contributed by atoms with E-state index in [1.807, 2.05) is 53.1 Å². The molecule has 0 spiro atoms. The first-order valence-electron chi connectivity index (χ1n) is 8.69. The third kappa shape index (κ3) is 2.70. The number of esters is 2. The summed E-state index contributed by atoms with van der Waals surface area (Å²) in [7, 11) is 1.33. The maximum absolute atomic E-state index is 12.7. The van der Waals surface area contributed by atoms with E-state index in [0.717, 1.165) is 16.5 Å². The molecule has 0 fully saturated rings. The minimum Gasteiger partial charge on any atom is -0.465 e. The standard InChI is InChI=1S/C21H18N2O4/c1-3-27-21(25)18-19-17(20(24)26-2)14-9-5-7-11-16(14)23(19)12-13-8-4-6-10-15(13)22-18/h4-11H,3,12H2,1-2H3. The molecule has 6 heteroatoms. The molecule has 136 valence electrons. The molecule has 0 saturated heterocycles. The van der Waals surface area contributed by atoms with Crippen LogP contribution in [-0.2, 0) is 20.8 Å². The lowest BCUT2D eigenvalue weighted by atomic mass is 10.1. The van der Waals surface area contributed by atoms with Crippen molar-refractivity contribution in [2.24, 2.45) is 4.99 Å². The van der Waals surface area contributed by atoms with Crippen molar-refractivity contribution in [3.8, 4) is 0 Å². The van der Waals surface area contributed by atoms with E-state index in [0.29, 0.717) is 23.5 Å². The van der Waals surface area contributed by atoms with Crippen LogP contribution in [0.2, 0.25) is 0 Å². The predicted molar refractivity (Wildman–Crippen MR) is 102 cm³/mol. The topological polar surface area (TPSA) is 69.9 Å². The minimum absolute atomic E-state index is 0.110. The van der Waals surface area contributed by atoms with E-state index in [1.54, 1.807) is 6.92 Å². The highest BCUT2D eigenvalue weighted by molar-refractivity contribution is 6.45. The van der Waals surface area contributed by atoms with Gasteiger partial charge in [0.25, 0.3) is 0 Å². The zero-order valence-corrected chi connectivity index (χ0v) is 15.1. The van der Waals surface area contributed by atoms with Crippen LogP contribution in [0.5, 0.6) is 0 Å². The number of aliphatic imine (C=N–C) groups is 1. The molecule has 0 radical (unpaired) electrons. The van der Waals surface area contributed by atoms with Crippen molar-refractivity contribution in [3.63, 3.8) is 0 Å². The summed E-state index contributed by atoms with van der Waals surface area (Å²) < 4.78 is 12.2. The van der Waals surface area contributed by atoms with E-state index in [1.165, 1.54) is 7.11 Å². The first-order chi connectivity index (χ1) is 13.2. The quantitative estimate of drug-likeness (QED) is 0.669. The summed E-state index contributed by atoms with van der Waals surface area (Å²) in [5, 5.41) is 0.718. The van der Waals surface area contributed by atoms with Gasteiger partial charge in [0, 0.05) is 10.9 Å². The molecule has 4 rings (SSSR count). The normalized spacial score (nSPS) is 12.6. The Morgan fingerprint density at radius 3 is 2.59 bits per heavy atom. The molecular formula is C21H18N2O4. The largest absolute Gasteiger partial charge is 0.465 e. The fourth-order valence-corrected chi connectivity index (χ4v) is 3.46. The summed E-state index contributed by atoms with van der Waals surface area (Å²) in [4.78, 5) is 30.0. The number of ether oxygens (including phenoxy) is 2. The van der Waals surface area contributed by atoms with Crippen LogP contribution in [0.4, 0.5) is 5.69 Å². The van der Waals surface area contributed by atoms with Gasteiger partial charge in [-0.3, -0.25) is 0 Å². The smallest absolute Gasteiger partial charge is 0.359 e. The summed E-state index contributed by atoms with van der Waals surface area (Å²) >= 11 is 0. The highest BCUT2D eigenvalue weighted by Crippen LogP contribution is 2.34. The fourth-order valence-electron chi connectivity index (χ4n) is 3.46. The highest BCUT2D eigenvalue weighted by Gasteiger charge is 2.32. The molecule has 0 aliphatic carbocycles. The molecule has 1 aliphatic rings. The molecule has 0 saturated carbocycles. The number of benzene rings is 2. The molecule has 0 atom stereocenters. The van der Waals surface area contributed by atoms with Crippen molar-refractivity contribution in [3.05, 3.63) is 65.4 Å². The van der Waals surface area contributed by atoms with Crippen molar-refractivity contribution < 1.29 is 19.1 Å². The second-order valence-electron chi connectivity index (χ2n) is 6.13. The lowest BCUT2D eigenvalue weighted by Gasteiger charge is -2.10. The number of rotatable bonds is 3. The van der Waals surface area contributed by atoms with Crippen LogP contribution in [0, 0.1) is 0 Å². The van der Waals surface area contributed by atoms with Crippen molar-refractivity contribution in [1.82, 2.24) is 4.57 Å². The Morgan fingerprint density at radius 2 is 1.81 bits per heavy atom. The van der Waals surface area contributed by atoms with Gasteiger partial charge in [-0.1, -0.05) is 36.4 Å². The van der Waals surface area contributed by atoms with E-state index < -0.39 is 11.9 Å². The molecule has 3 aromatic rings. The van der Waals surface area contributed by atoms with Gasteiger partial charge < -0.3 is 14.0 Å². The number of hydrogen-bond donors (Lipinski definition) is 0. The van der Waals surface area contributed by atoms with Gasteiger partial charge in [-0.25, -0.2) is 14.6 Å². The molecule has 0 amide bonds. The number of carbonyl (C=O) groups excluding carboxylic acids is 2. The number of aromatic nitrogens is 1. The zero-order valence-electron chi connectivity index (χ0n) is 15.1. The highest BCUT2D eigenvalue weighted by atomic mass is 16.5. The number of fused-ring (bicyclic) bond motifs is 4. The van der Waals surface area contributed by atoms with Gasteiger partial charge >= 0.3 is 11.9 Å². The number of carbonyl (C=O) groups is 2. The van der Waals surface area contributed by atoms with E-state index in [-0.39, 0.29) is 12.3 Å². The maximum Gasteiger partial charge on any atom is 0.359 e. The number of methoxy groups -OCH3 is 1. The van der Waals surface area contributed by atoms with Crippen molar-refractivity contribution in [1.29, 1.82) is 0 Å². The Labute approximate surface area is 156 Å². The van der Waals surface area contributed by atoms with Gasteiger partial charge in [-0.2, -0.15) is 0 Å². The van der Waals surface area contributed by atoms with Gasteiger partial charge in [0.1, 0.15) is 0 Å². The molecule has 1 aromatic heterocycles. The average Bonchev–Trinajstić information content (AvgIpc) is 2.90. The molecule has 0 bridgehead atoms. The third-order valence-electron chi connectivity index (χ3n) is 4.61. The van der Waals surface area contributed by atoms with Gasteiger partial charge in [0.05, 0.1) is 37.2 Å². The van der Waals surface area contributed by atoms with Crippen LogP contribution in [0.3, 0.4) is 0 Å². The molecule has 6 nitrogen and oxygen atoms in total. The van der Waals surface area contributed by atoms with E-state index in [2.05, 4.69) is 4.99 Å². The zero-order chi connectivity index (χ0) is 19.0. The van der Waals surface area contributed by atoms with Gasteiger partial charge in [0.2, 0.25) is 0 Å². The predicted octanol–water partition coefficient (Wildman–Crippen LogP) is 3.47. The number of para-hydroxylation sites is 2. The van der Waals surface area contributed by atoms with Crippen molar-refractivity contribution >= 4 is 34.2 Å². The first kappa shape index (κ1) is 17.0. The van der Waals surface area contributed by atoms with Crippen LogP contribution >= 0.6 is 0 Å². The molecular weight excluding hydrogens is 344 g/mol. The maximum atomic E-state index is 12.7. The minimum atomic E-state index is -0.566. The molecule has 0 N–H and O–H groups in total. The summed E-state index contributed by atoms with van der Waals surface area (Å²) in [6, 6.07) is 15.1. The lowest BCUT2D eigenvalue weighted by Crippen LogP contribution is -2.23. The summed E-state index contributed by atoms with van der Waals surface area (Å²) in [6.07, 6.45) is 0.